The van der Waals surface area contributed by atoms with Gasteiger partial charge in [0.25, 0.3) is 0 Å². The van der Waals surface area contributed by atoms with Crippen LogP contribution in [0.15, 0.2) is 11.3 Å². The van der Waals surface area contributed by atoms with E-state index in [9.17, 15) is 4.80 Å². The van der Waals surface area contributed by atoms with E-state index in [0.717, 1.165) is 6.42 Å². The van der Waals surface area contributed by atoms with Crippen LogP contribution in [0.4, 0.5) is 0 Å². The number of unbranched alkanes of at least 4 members (excludes halogenated alkanes) is 2. The summed E-state index contributed by atoms with van der Waals surface area (Å²) >= 11 is 0. The molecule has 2 heteroatoms. The third-order valence-corrected chi connectivity index (χ3v) is 2.97. The number of allylic oxidation sites excluding steroid dienone is 1. The van der Waals surface area contributed by atoms with Crippen molar-refractivity contribution in [2.45, 2.75) is 52.6 Å². The van der Waals surface area contributed by atoms with Gasteiger partial charge >= 0.3 is 0 Å². The molecule has 0 aromatic rings. The summed E-state index contributed by atoms with van der Waals surface area (Å²) in [7, 11) is -1.94. The van der Waals surface area contributed by atoms with E-state index in [1.165, 1.54) is 24.8 Å². The number of hydrogen-bond acceptors (Lipinski definition) is 1. The van der Waals surface area contributed by atoms with Crippen molar-refractivity contribution >= 4 is 8.32 Å². The molecule has 0 saturated carbocycles. The zero-order valence-corrected chi connectivity index (χ0v) is 9.85. The van der Waals surface area contributed by atoms with E-state index in [1.54, 1.807) is 0 Å². The SMILES string of the molecule is CCCCCC(C)=C[Si](C)(C)O. The van der Waals surface area contributed by atoms with Crippen molar-refractivity contribution < 1.29 is 4.80 Å². The molecule has 0 aromatic heterocycles. The fourth-order valence-electron chi connectivity index (χ4n) is 1.33. The fourth-order valence-corrected chi connectivity index (χ4v) is 2.68. The van der Waals surface area contributed by atoms with E-state index in [4.69, 9.17) is 0 Å². The Kier molecular flexibility index (Phi) is 5.50. The Morgan fingerprint density at radius 2 is 1.92 bits per heavy atom. The van der Waals surface area contributed by atoms with E-state index in [2.05, 4.69) is 19.5 Å². The van der Waals surface area contributed by atoms with Gasteiger partial charge in [0, 0.05) is 0 Å². The minimum Gasteiger partial charge on any atom is -0.428 e. The molecule has 0 amide bonds. The highest BCUT2D eigenvalue weighted by Gasteiger charge is 2.12. The van der Waals surface area contributed by atoms with Gasteiger partial charge in [0.15, 0.2) is 0 Å². The summed E-state index contributed by atoms with van der Waals surface area (Å²) in [6.07, 6.45) is 5.00. The van der Waals surface area contributed by atoms with Gasteiger partial charge in [0.1, 0.15) is 0 Å². The first-order valence-corrected chi connectivity index (χ1v) is 7.89. The smallest absolute Gasteiger partial charge is 0.206 e. The molecule has 0 unspecified atom stereocenters. The van der Waals surface area contributed by atoms with Crippen LogP contribution in [0, 0.1) is 0 Å². The van der Waals surface area contributed by atoms with E-state index >= 15 is 0 Å². The first-order chi connectivity index (χ1) is 5.45. The Labute approximate surface area is 77.6 Å². The molecule has 0 aliphatic rings. The Morgan fingerprint density at radius 3 is 2.33 bits per heavy atom. The minimum atomic E-state index is -1.94. The van der Waals surface area contributed by atoms with Gasteiger partial charge in [0.05, 0.1) is 0 Å². The Bertz CT molecular complexity index is 144. The lowest BCUT2D eigenvalue weighted by molar-refractivity contribution is 0.566. The number of rotatable bonds is 5. The molecule has 0 radical (unpaired) electrons. The molecule has 0 aliphatic carbocycles. The van der Waals surface area contributed by atoms with Crippen molar-refractivity contribution in [2.24, 2.45) is 0 Å². The topological polar surface area (TPSA) is 20.2 Å². The van der Waals surface area contributed by atoms with Crippen LogP contribution in [-0.4, -0.2) is 13.1 Å². The highest BCUT2D eigenvalue weighted by Crippen LogP contribution is 2.11. The summed E-state index contributed by atoms with van der Waals surface area (Å²) in [6, 6.07) is 0. The van der Waals surface area contributed by atoms with E-state index in [1.807, 2.05) is 13.1 Å². The van der Waals surface area contributed by atoms with E-state index in [0.29, 0.717) is 0 Å². The minimum absolute atomic E-state index is 1.16. The van der Waals surface area contributed by atoms with Crippen LogP contribution in [0.25, 0.3) is 0 Å². The zero-order valence-electron chi connectivity index (χ0n) is 8.85. The average molecular weight is 186 g/mol. The zero-order chi connectivity index (χ0) is 9.61. The van der Waals surface area contributed by atoms with Crippen LogP contribution >= 0.6 is 0 Å². The first-order valence-electron chi connectivity index (χ1n) is 4.86. The summed E-state index contributed by atoms with van der Waals surface area (Å²) in [5.41, 5.74) is 3.45. The highest BCUT2D eigenvalue weighted by atomic mass is 28.4. The molecule has 0 rings (SSSR count). The van der Waals surface area contributed by atoms with Gasteiger partial charge < -0.3 is 4.80 Å². The predicted molar refractivity (Wildman–Crippen MR) is 57.6 cm³/mol. The molecule has 0 fully saturated rings. The molecule has 0 heterocycles. The van der Waals surface area contributed by atoms with Gasteiger partial charge in [-0.3, -0.25) is 0 Å². The lowest BCUT2D eigenvalue weighted by atomic mass is 10.1. The standard InChI is InChI=1S/C10H22OSi/c1-5-6-7-8-10(2)9-12(3,4)11/h9,11H,5-8H2,1-4H3. The summed E-state index contributed by atoms with van der Waals surface area (Å²) in [4.78, 5) is 9.61. The Hall–Kier alpha value is -0.0831. The molecule has 1 nitrogen and oxygen atoms in total. The number of hydrogen-bond donors (Lipinski definition) is 1. The first kappa shape index (κ1) is 11.9. The van der Waals surface area contributed by atoms with Crippen LogP contribution in [0.1, 0.15) is 39.5 Å². The van der Waals surface area contributed by atoms with Gasteiger partial charge in [-0.2, -0.15) is 0 Å². The highest BCUT2D eigenvalue weighted by molar-refractivity contribution is 6.75. The molecule has 0 saturated heterocycles. The van der Waals surface area contributed by atoms with Crippen LogP contribution in [-0.2, 0) is 0 Å². The van der Waals surface area contributed by atoms with Crippen molar-refractivity contribution in [3.05, 3.63) is 11.3 Å². The van der Waals surface area contributed by atoms with Gasteiger partial charge in [-0.05, 0) is 32.9 Å². The summed E-state index contributed by atoms with van der Waals surface area (Å²) in [5, 5.41) is 0. The third-order valence-electron chi connectivity index (χ3n) is 1.77. The molecule has 12 heavy (non-hydrogen) atoms. The predicted octanol–water partition coefficient (Wildman–Crippen LogP) is 3.25. The van der Waals surface area contributed by atoms with Crippen LogP contribution in [0.5, 0.6) is 0 Å². The van der Waals surface area contributed by atoms with E-state index in [-0.39, 0.29) is 0 Å². The maximum atomic E-state index is 9.61. The van der Waals surface area contributed by atoms with E-state index < -0.39 is 8.32 Å². The molecular formula is C10H22OSi. The second-order valence-corrected chi connectivity index (χ2v) is 7.70. The second-order valence-electron chi connectivity index (χ2n) is 4.10. The van der Waals surface area contributed by atoms with Crippen molar-refractivity contribution in [2.75, 3.05) is 0 Å². The van der Waals surface area contributed by atoms with Crippen LogP contribution < -0.4 is 0 Å². The summed E-state index contributed by atoms with van der Waals surface area (Å²) in [6.45, 7) is 8.25. The van der Waals surface area contributed by atoms with Gasteiger partial charge in [-0.15, -0.1) is 0 Å². The van der Waals surface area contributed by atoms with Crippen molar-refractivity contribution in [1.82, 2.24) is 0 Å². The summed E-state index contributed by atoms with van der Waals surface area (Å²) < 4.78 is 0. The fraction of sp³-hybridized carbons (Fsp3) is 0.800. The monoisotopic (exact) mass is 186 g/mol. The van der Waals surface area contributed by atoms with Crippen molar-refractivity contribution in [3.63, 3.8) is 0 Å². The molecule has 72 valence electrons. The summed E-state index contributed by atoms with van der Waals surface area (Å²) in [5.74, 6) is 0. The van der Waals surface area contributed by atoms with Crippen LogP contribution in [0.2, 0.25) is 13.1 Å². The van der Waals surface area contributed by atoms with Gasteiger partial charge in [-0.1, -0.05) is 31.0 Å². The lowest BCUT2D eigenvalue weighted by Gasteiger charge is -2.09. The third kappa shape index (κ3) is 8.02. The Balaban J connectivity index is 3.71. The molecule has 0 spiro atoms. The van der Waals surface area contributed by atoms with Crippen molar-refractivity contribution in [3.8, 4) is 0 Å². The normalized spacial score (nSPS) is 13.6. The molecule has 0 aromatic carbocycles. The molecule has 0 bridgehead atoms. The van der Waals surface area contributed by atoms with Gasteiger partial charge in [-0.25, -0.2) is 0 Å². The lowest BCUT2D eigenvalue weighted by Crippen LogP contribution is -2.22. The van der Waals surface area contributed by atoms with Gasteiger partial charge in [0.2, 0.25) is 8.32 Å². The molecule has 1 N–H and O–H groups in total. The maximum absolute atomic E-state index is 9.61. The second kappa shape index (κ2) is 5.54. The molecular weight excluding hydrogens is 164 g/mol. The quantitative estimate of drug-likeness (QED) is 0.516. The largest absolute Gasteiger partial charge is 0.428 e. The maximum Gasteiger partial charge on any atom is 0.206 e. The molecule has 0 atom stereocenters. The average Bonchev–Trinajstić information content (AvgIpc) is 1.84. The molecule has 0 aliphatic heterocycles. The van der Waals surface area contributed by atoms with Crippen LogP contribution in [0.3, 0.4) is 0 Å². The Morgan fingerprint density at radius 1 is 1.33 bits per heavy atom. The van der Waals surface area contributed by atoms with Crippen molar-refractivity contribution in [1.29, 1.82) is 0 Å².